The zero-order valence-electron chi connectivity index (χ0n) is 15.2. The molecule has 0 saturated carbocycles. The number of carbonyl (C=O) groups is 1. The quantitative estimate of drug-likeness (QED) is 0.744. The van der Waals surface area contributed by atoms with Gasteiger partial charge in [0.05, 0.1) is 0 Å². The van der Waals surface area contributed by atoms with E-state index in [0.717, 1.165) is 22.4 Å². The maximum atomic E-state index is 13.1. The van der Waals surface area contributed by atoms with Crippen LogP contribution in [0.5, 0.6) is 0 Å². The van der Waals surface area contributed by atoms with Crippen LogP contribution in [-0.2, 0) is 0 Å². The van der Waals surface area contributed by atoms with Crippen LogP contribution >= 0.6 is 0 Å². The van der Waals surface area contributed by atoms with E-state index in [4.69, 9.17) is 0 Å². The molecule has 1 unspecified atom stereocenters. The summed E-state index contributed by atoms with van der Waals surface area (Å²) in [5.41, 5.74) is 6.21. The number of fused-ring (bicyclic) bond motifs is 1. The van der Waals surface area contributed by atoms with E-state index in [1.165, 1.54) is 11.1 Å². The van der Waals surface area contributed by atoms with Gasteiger partial charge in [-0.1, -0.05) is 24.3 Å². The molecule has 2 aromatic carbocycles. The van der Waals surface area contributed by atoms with Crippen molar-refractivity contribution in [1.29, 1.82) is 0 Å². The SMILES string of the molecule is Cc1ccnc(N2C(=O)c3ccccc3C2Nc2ccc(C)c(C)c2)c1. The van der Waals surface area contributed by atoms with Crippen LogP contribution in [0.1, 0.15) is 38.8 Å². The van der Waals surface area contributed by atoms with Gasteiger partial charge in [0.2, 0.25) is 0 Å². The maximum absolute atomic E-state index is 13.1. The predicted molar refractivity (Wildman–Crippen MR) is 105 cm³/mol. The largest absolute Gasteiger partial charge is 0.361 e. The Bertz CT molecular complexity index is 996. The molecule has 1 aromatic heterocycles. The third-order valence-electron chi connectivity index (χ3n) is 4.92. The van der Waals surface area contributed by atoms with Gasteiger partial charge in [0.25, 0.3) is 5.91 Å². The highest BCUT2D eigenvalue weighted by atomic mass is 16.2. The van der Waals surface area contributed by atoms with Crippen molar-refractivity contribution in [2.24, 2.45) is 0 Å². The topological polar surface area (TPSA) is 45.2 Å². The number of pyridine rings is 1. The van der Waals surface area contributed by atoms with Gasteiger partial charge in [-0.05, 0) is 67.8 Å². The fourth-order valence-electron chi connectivity index (χ4n) is 3.34. The summed E-state index contributed by atoms with van der Waals surface area (Å²) in [5, 5.41) is 3.53. The normalized spacial score (nSPS) is 15.9. The fraction of sp³-hybridized carbons (Fsp3) is 0.182. The Morgan fingerprint density at radius 1 is 0.962 bits per heavy atom. The number of nitrogens with zero attached hydrogens (tertiary/aromatic N) is 2. The lowest BCUT2D eigenvalue weighted by Gasteiger charge is -2.26. The van der Waals surface area contributed by atoms with E-state index in [1.807, 2.05) is 43.3 Å². The summed E-state index contributed by atoms with van der Waals surface area (Å²) in [6.07, 6.45) is 1.46. The van der Waals surface area contributed by atoms with Gasteiger partial charge >= 0.3 is 0 Å². The highest BCUT2D eigenvalue weighted by molar-refractivity contribution is 6.11. The van der Waals surface area contributed by atoms with Crippen LogP contribution in [0.3, 0.4) is 0 Å². The smallest absolute Gasteiger partial charge is 0.261 e. The van der Waals surface area contributed by atoms with Crippen molar-refractivity contribution in [3.63, 3.8) is 0 Å². The number of rotatable bonds is 3. The number of aryl methyl sites for hydroxylation is 3. The van der Waals surface area contributed by atoms with Gasteiger partial charge in [-0.2, -0.15) is 0 Å². The lowest BCUT2D eigenvalue weighted by molar-refractivity contribution is 0.0992. The molecule has 3 aromatic rings. The lowest BCUT2D eigenvalue weighted by atomic mass is 10.1. The minimum atomic E-state index is -0.282. The highest BCUT2D eigenvalue weighted by Gasteiger charge is 2.38. The van der Waals surface area contributed by atoms with Crippen LogP contribution in [0.25, 0.3) is 0 Å². The van der Waals surface area contributed by atoms with Crippen molar-refractivity contribution in [3.05, 3.63) is 88.6 Å². The summed E-state index contributed by atoms with van der Waals surface area (Å²) >= 11 is 0. The first-order valence-electron chi connectivity index (χ1n) is 8.73. The molecule has 4 heteroatoms. The number of nitrogens with one attached hydrogen (secondary N) is 1. The standard InChI is InChI=1S/C22H21N3O/c1-14-10-11-23-20(12-14)25-21(18-6-4-5-7-19(18)22(25)26)24-17-9-8-15(2)16(3)13-17/h4-13,21,24H,1-3H3. The Balaban J connectivity index is 1.79. The van der Waals surface area contributed by atoms with E-state index < -0.39 is 0 Å². The van der Waals surface area contributed by atoms with E-state index in [2.05, 4.69) is 42.3 Å². The van der Waals surface area contributed by atoms with Crippen molar-refractivity contribution in [3.8, 4) is 0 Å². The highest BCUT2D eigenvalue weighted by Crippen LogP contribution is 2.37. The van der Waals surface area contributed by atoms with E-state index in [0.29, 0.717) is 5.82 Å². The molecule has 1 aliphatic rings. The Labute approximate surface area is 153 Å². The number of hydrogen-bond donors (Lipinski definition) is 1. The van der Waals surface area contributed by atoms with Crippen molar-refractivity contribution in [2.75, 3.05) is 10.2 Å². The zero-order valence-corrected chi connectivity index (χ0v) is 15.2. The summed E-state index contributed by atoms with van der Waals surface area (Å²) in [6.45, 7) is 6.19. The van der Waals surface area contributed by atoms with E-state index in [-0.39, 0.29) is 12.1 Å². The van der Waals surface area contributed by atoms with Gasteiger partial charge in [0.1, 0.15) is 12.0 Å². The number of amides is 1. The molecular weight excluding hydrogens is 322 g/mol. The average Bonchev–Trinajstić information content (AvgIpc) is 2.91. The van der Waals surface area contributed by atoms with Gasteiger partial charge in [0.15, 0.2) is 0 Å². The first-order chi connectivity index (χ1) is 12.5. The molecule has 0 radical (unpaired) electrons. The Morgan fingerprint density at radius 3 is 2.54 bits per heavy atom. The molecule has 1 N–H and O–H groups in total. The molecule has 0 aliphatic carbocycles. The van der Waals surface area contributed by atoms with Crippen molar-refractivity contribution < 1.29 is 4.79 Å². The summed E-state index contributed by atoms with van der Waals surface area (Å²) < 4.78 is 0. The average molecular weight is 343 g/mol. The Morgan fingerprint density at radius 2 is 1.77 bits per heavy atom. The monoisotopic (exact) mass is 343 g/mol. The minimum Gasteiger partial charge on any atom is -0.361 e. The minimum absolute atomic E-state index is 0.0277. The molecule has 0 saturated heterocycles. The van der Waals surface area contributed by atoms with Crippen molar-refractivity contribution in [2.45, 2.75) is 26.9 Å². The molecule has 4 rings (SSSR count). The zero-order chi connectivity index (χ0) is 18.3. The van der Waals surface area contributed by atoms with Gasteiger partial charge in [-0.3, -0.25) is 9.69 Å². The van der Waals surface area contributed by atoms with Gasteiger partial charge in [-0.25, -0.2) is 4.98 Å². The summed E-state index contributed by atoms with van der Waals surface area (Å²) in [4.78, 5) is 19.3. The molecule has 1 atom stereocenters. The number of hydrogen-bond acceptors (Lipinski definition) is 3. The fourth-order valence-corrected chi connectivity index (χ4v) is 3.34. The summed E-state index contributed by atoms with van der Waals surface area (Å²) in [5.74, 6) is 0.632. The molecule has 0 bridgehead atoms. The van der Waals surface area contributed by atoms with Crippen LogP contribution in [0.4, 0.5) is 11.5 Å². The summed E-state index contributed by atoms with van der Waals surface area (Å²) in [6, 6.07) is 17.9. The van der Waals surface area contributed by atoms with E-state index in [9.17, 15) is 4.79 Å². The molecule has 130 valence electrons. The second-order valence-electron chi connectivity index (χ2n) is 6.80. The summed E-state index contributed by atoms with van der Waals surface area (Å²) in [7, 11) is 0. The van der Waals surface area contributed by atoms with Crippen molar-refractivity contribution in [1.82, 2.24) is 4.98 Å². The van der Waals surface area contributed by atoms with E-state index in [1.54, 1.807) is 11.1 Å². The first-order valence-corrected chi connectivity index (χ1v) is 8.73. The molecule has 1 aliphatic heterocycles. The first kappa shape index (κ1) is 16.3. The molecule has 4 nitrogen and oxygen atoms in total. The Kier molecular flexibility index (Phi) is 3.96. The third-order valence-corrected chi connectivity index (χ3v) is 4.92. The second kappa shape index (κ2) is 6.30. The predicted octanol–water partition coefficient (Wildman–Crippen LogP) is 4.78. The molecule has 0 fully saturated rings. The molecule has 1 amide bonds. The van der Waals surface area contributed by atoms with Gasteiger partial charge in [-0.15, -0.1) is 0 Å². The number of benzene rings is 2. The van der Waals surface area contributed by atoms with Gasteiger partial charge in [0, 0.05) is 23.0 Å². The molecule has 0 spiro atoms. The number of carbonyl (C=O) groups excluding carboxylic acids is 1. The number of aromatic nitrogens is 1. The van der Waals surface area contributed by atoms with Crippen LogP contribution < -0.4 is 10.2 Å². The van der Waals surface area contributed by atoms with E-state index >= 15 is 0 Å². The maximum Gasteiger partial charge on any atom is 0.261 e. The Hall–Kier alpha value is -3.14. The van der Waals surface area contributed by atoms with Crippen molar-refractivity contribution >= 4 is 17.4 Å². The van der Waals surface area contributed by atoms with Crippen LogP contribution in [0.2, 0.25) is 0 Å². The van der Waals surface area contributed by atoms with Crippen LogP contribution in [-0.4, -0.2) is 10.9 Å². The molecule has 26 heavy (non-hydrogen) atoms. The lowest BCUT2D eigenvalue weighted by Crippen LogP contribution is -2.33. The van der Waals surface area contributed by atoms with Crippen LogP contribution in [0.15, 0.2) is 60.8 Å². The number of anilines is 2. The second-order valence-corrected chi connectivity index (χ2v) is 6.80. The third kappa shape index (κ3) is 2.73. The molecular formula is C22H21N3O. The van der Waals surface area contributed by atoms with Crippen LogP contribution in [0, 0.1) is 20.8 Å². The van der Waals surface area contributed by atoms with Gasteiger partial charge < -0.3 is 5.32 Å². The molecule has 2 heterocycles.